The lowest BCUT2D eigenvalue weighted by Gasteiger charge is -2.23. The Balaban J connectivity index is 1.30. The summed E-state index contributed by atoms with van der Waals surface area (Å²) in [7, 11) is 0. The van der Waals surface area contributed by atoms with Crippen molar-refractivity contribution in [3.05, 3.63) is 35.4 Å². The Labute approximate surface area is 140 Å². The van der Waals surface area contributed by atoms with Gasteiger partial charge in [0.15, 0.2) is 0 Å². The van der Waals surface area contributed by atoms with E-state index in [1.165, 1.54) is 4.90 Å². The molecule has 4 rings (SSSR count). The lowest BCUT2D eigenvalue weighted by molar-refractivity contribution is -0.123. The molecule has 3 amide bonds. The number of imide groups is 1. The zero-order valence-electron chi connectivity index (χ0n) is 13.5. The highest BCUT2D eigenvalue weighted by molar-refractivity contribution is 6.21. The van der Waals surface area contributed by atoms with Gasteiger partial charge in [-0.2, -0.15) is 0 Å². The highest BCUT2D eigenvalue weighted by Crippen LogP contribution is 2.58. The molecule has 1 aromatic rings. The van der Waals surface area contributed by atoms with Gasteiger partial charge in [0, 0.05) is 19.0 Å². The van der Waals surface area contributed by atoms with Crippen LogP contribution in [0.15, 0.2) is 24.3 Å². The Kier molecular flexibility index (Phi) is 3.64. The molecule has 1 saturated heterocycles. The first-order valence-electron chi connectivity index (χ1n) is 8.56. The molecule has 0 aromatic heterocycles. The maximum absolute atomic E-state index is 12.3. The van der Waals surface area contributed by atoms with Gasteiger partial charge >= 0.3 is 0 Å². The fourth-order valence-corrected chi connectivity index (χ4v) is 4.05. The molecule has 6 nitrogen and oxygen atoms in total. The summed E-state index contributed by atoms with van der Waals surface area (Å²) in [5.74, 6) is -0.382. The molecule has 2 aliphatic heterocycles. The number of amides is 3. The van der Waals surface area contributed by atoms with Crippen LogP contribution >= 0.6 is 0 Å². The molecule has 2 heterocycles. The van der Waals surface area contributed by atoms with Crippen LogP contribution in [0.2, 0.25) is 0 Å². The van der Waals surface area contributed by atoms with Gasteiger partial charge in [-0.25, -0.2) is 0 Å². The minimum Gasteiger partial charge on any atom is -0.354 e. The molecule has 126 valence electrons. The second-order valence-electron chi connectivity index (χ2n) is 6.97. The van der Waals surface area contributed by atoms with E-state index in [4.69, 9.17) is 0 Å². The van der Waals surface area contributed by atoms with E-state index in [0.29, 0.717) is 17.7 Å². The molecular formula is C18H21N3O3. The van der Waals surface area contributed by atoms with Crippen LogP contribution in [0, 0.1) is 11.3 Å². The molecule has 3 aliphatic rings. The molecular weight excluding hydrogens is 306 g/mol. The number of nitrogens with one attached hydrogen (secondary N) is 2. The Morgan fingerprint density at radius 1 is 1.17 bits per heavy atom. The number of carbonyl (C=O) groups is 3. The summed E-state index contributed by atoms with van der Waals surface area (Å²) in [4.78, 5) is 38.0. The Morgan fingerprint density at radius 3 is 2.42 bits per heavy atom. The van der Waals surface area contributed by atoms with Gasteiger partial charge in [-0.15, -0.1) is 0 Å². The average Bonchev–Trinajstić information content (AvgIpc) is 3.24. The molecule has 6 heteroatoms. The number of carbonyl (C=O) groups excluding carboxylic acids is 3. The monoisotopic (exact) mass is 327 g/mol. The summed E-state index contributed by atoms with van der Waals surface area (Å²) in [5.41, 5.74) is 1.10. The minimum absolute atomic E-state index is 0.0634. The largest absolute Gasteiger partial charge is 0.354 e. The van der Waals surface area contributed by atoms with Crippen molar-refractivity contribution < 1.29 is 14.4 Å². The summed E-state index contributed by atoms with van der Waals surface area (Å²) in [6.45, 7) is 2.51. The van der Waals surface area contributed by atoms with Crippen molar-refractivity contribution in [2.45, 2.75) is 19.3 Å². The van der Waals surface area contributed by atoms with Gasteiger partial charge in [0.2, 0.25) is 5.91 Å². The number of rotatable bonds is 4. The van der Waals surface area contributed by atoms with Crippen LogP contribution in [0.3, 0.4) is 0 Å². The number of hydrogen-bond acceptors (Lipinski definition) is 4. The predicted octanol–water partition coefficient (Wildman–Crippen LogP) is 0.788. The highest BCUT2D eigenvalue weighted by Gasteiger charge is 2.57. The molecule has 0 radical (unpaired) electrons. The Hall–Kier alpha value is -2.21. The molecule has 1 aromatic carbocycles. The van der Waals surface area contributed by atoms with Gasteiger partial charge in [-0.3, -0.25) is 19.3 Å². The van der Waals surface area contributed by atoms with Crippen LogP contribution in [0.1, 0.15) is 40.0 Å². The standard InChI is InChI=1S/C18H21N3O3/c22-15(14-11-18(14)5-7-19-8-6-18)20-9-10-21-16(23)12-3-1-2-4-13(12)17(21)24/h1-4,14,19H,5-11H2,(H,20,22). The second-order valence-corrected chi connectivity index (χ2v) is 6.97. The summed E-state index contributed by atoms with van der Waals surface area (Å²) >= 11 is 0. The normalized spacial score (nSPS) is 24.2. The maximum atomic E-state index is 12.3. The van der Waals surface area contributed by atoms with E-state index in [-0.39, 0.29) is 35.6 Å². The van der Waals surface area contributed by atoms with E-state index in [2.05, 4.69) is 10.6 Å². The first kappa shape index (κ1) is 15.3. The van der Waals surface area contributed by atoms with E-state index in [1.807, 2.05) is 0 Å². The van der Waals surface area contributed by atoms with E-state index in [9.17, 15) is 14.4 Å². The molecule has 1 unspecified atom stereocenters. The first-order valence-corrected chi connectivity index (χ1v) is 8.56. The van der Waals surface area contributed by atoms with Crippen molar-refractivity contribution >= 4 is 17.7 Å². The quantitative estimate of drug-likeness (QED) is 0.802. The summed E-state index contributed by atoms with van der Waals surface area (Å²) < 4.78 is 0. The molecule has 2 fully saturated rings. The SMILES string of the molecule is O=C(NCCN1C(=O)c2ccccc2C1=O)C1CC12CCNCC2. The van der Waals surface area contributed by atoms with Crippen molar-refractivity contribution in [3.63, 3.8) is 0 Å². The van der Waals surface area contributed by atoms with E-state index < -0.39 is 0 Å². The fourth-order valence-electron chi connectivity index (χ4n) is 4.05. The van der Waals surface area contributed by atoms with Gasteiger partial charge in [-0.05, 0) is 49.9 Å². The first-order chi connectivity index (χ1) is 11.6. The van der Waals surface area contributed by atoms with Crippen LogP contribution in [0.4, 0.5) is 0 Å². The van der Waals surface area contributed by atoms with Crippen molar-refractivity contribution in [1.29, 1.82) is 0 Å². The third-order valence-electron chi connectivity index (χ3n) is 5.62. The van der Waals surface area contributed by atoms with Gasteiger partial charge in [0.05, 0.1) is 11.1 Å². The van der Waals surface area contributed by atoms with E-state index >= 15 is 0 Å². The molecule has 24 heavy (non-hydrogen) atoms. The molecule has 1 atom stereocenters. The summed E-state index contributed by atoms with van der Waals surface area (Å²) in [6, 6.07) is 6.83. The van der Waals surface area contributed by atoms with Crippen LogP contribution in [-0.2, 0) is 4.79 Å². The third-order valence-corrected chi connectivity index (χ3v) is 5.62. The van der Waals surface area contributed by atoms with Crippen LogP contribution in [0.5, 0.6) is 0 Å². The van der Waals surface area contributed by atoms with Crippen molar-refractivity contribution in [3.8, 4) is 0 Å². The summed E-state index contributed by atoms with van der Waals surface area (Å²) in [5, 5.41) is 6.23. The van der Waals surface area contributed by atoms with Crippen molar-refractivity contribution in [2.75, 3.05) is 26.2 Å². The molecule has 0 bridgehead atoms. The number of hydrogen-bond donors (Lipinski definition) is 2. The van der Waals surface area contributed by atoms with Gasteiger partial charge in [0.1, 0.15) is 0 Å². The van der Waals surface area contributed by atoms with Crippen LogP contribution < -0.4 is 10.6 Å². The lowest BCUT2D eigenvalue weighted by Crippen LogP contribution is -2.39. The van der Waals surface area contributed by atoms with Gasteiger partial charge in [-0.1, -0.05) is 12.1 Å². The number of piperidine rings is 1. The Morgan fingerprint density at radius 2 is 1.79 bits per heavy atom. The number of benzene rings is 1. The molecule has 2 N–H and O–H groups in total. The van der Waals surface area contributed by atoms with Gasteiger partial charge in [0.25, 0.3) is 11.8 Å². The summed E-state index contributed by atoms with van der Waals surface area (Å²) in [6.07, 6.45) is 3.08. The molecule has 1 spiro atoms. The highest BCUT2D eigenvalue weighted by atomic mass is 16.2. The topological polar surface area (TPSA) is 78.5 Å². The smallest absolute Gasteiger partial charge is 0.261 e. The third kappa shape index (κ3) is 2.41. The van der Waals surface area contributed by atoms with E-state index in [1.54, 1.807) is 24.3 Å². The molecule has 1 aliphatic carbocycles. The van der Waals surface area contributed by atoms with Crippen molar-refractivity contribution in [2.24, 2.45) is 11.3 Å². The average molecular weight is 327 g/mol. The number of nitrogens with zero attached hydrogens (tertiary/aromatic N) is 1. The number of fused-ring (bicyclic) bond motifs is 1. The minimum atomic E-state index is -0.272. The Bertz CT molecular complexity index is 674. The predicted molar refractivity (Wildman–Crippen MR) is 87.5 cm³/mol. The van der Waals surface area contributed by atoms with Gasteiger partial charge < -0.3 is 10.6 Å². The maximum Gasteiger partial charge on any atom is 0.261 e. The molecule has 1 saturated carbocycles. The zero-order valence-corrected chi connectivity index (χ0v) is 13.5. The van der Waals surface area contributed by atoms with Crippen LogP contribution in [0.25, 0.3) is 0 Å². The van der Waals surface area contributed by atoms with Crippen LogP contribution in [-0.4, -0.2) is 48.8 Å². The van der Waals surface area contributed by atoms with E-state index in [0.717, 1.165) is 32.4 Å². The zero-order chi connectivity index (χ0) is 16.7. The fraction of sp³-hybridized carbons (Fsp3) is 0.500. The second kappa shape index (κ2) is 5.70. The lowest BCUT2D eigenvalue weighted by atomic mass is 9.92. The van der Waals surface area contributed by atoms with Crippen molar-refractivity contribution in [1.82, 2.24) is 15.5 Å².